The largest absolute Gasteiger partial charge is 0.355 e. The number of likely N-dealkylation sites (N-methyl/N-ethyl adjacent to an activating group) is 1. The number of halogens is 1. The Morgan fingerprint density at radius 1 is 1.21 bits per heavy atom. The van der Waals surface area contributed by atoms with E-state index in [4.69, 9.17) is 11.6 Å². The van der Waals surface area contributed by atoms with Gasteiger partial charge in [0.1, 0.15) is 0 Å². The Morgan fingerprint density at radius 3 is 2.58 bits per heavy atom. The van der Waals surface area contributed by atoms with Crippen molar-refractivity contribution < 1.29 is 4.79 Å². The van der Waals surface area contributed by atoms with E-state index in [1.54, 1.807) is 6.20 Å². The van der Waals surface area contributed by atoms with Gasteiger partial charge in [-0.05, 0) is 50.3 Å². The van der Waals surface area contributed by atoms with Crippen LogP contribution in [0.5, 0.6) is 0 Å². The van der Waals surface area contributed by atoms with E-state index in [9.17, 15) is 4.79 Å². The zero-order chi connectivity index (χ0) is 17.4. The second kappa shape index (κ2) is 9.40. The predicted molar refractivity (Wildman–Crippen MR) is 98.3 cm³/mol. The summed E-state index contributed by atoms with van der Waals surface area (Å²) in [7, 11) is 4.07. The molecule has 0 saturated carbocycles. The van der Waals surface area contributed by atoms with Crippen LogP contribution in [0, 0.1) is 0 Å². The van der Waals surface area contributed by atoms with Gasteiger partial charge in [0, 0.05) is 42.3 Å². The molecule has 0 aliphatic rings. The summed E-state index contributed by atoms with van der Waals surface area (Å²) in [4.78, 5) is 18.5. The van der Waals surface area contributed by atoms with Gasteiger partial charge >= 0.3 is 0 Å². The molecule has 0 radical (unpaired) electrons. The number of nitrogens with one attached hydrogen (secondary N) is 1. The molecule has 2 aromatic rings. The molecular formula is C19H24ClN3O. The fourth-order valence-corrected chi connectivity index (χ4v) is 2.70. The first kappa shape index (κ1) is 18.4. The van der Waals surface area contributed by atoms with Crippen molar-refractivity contribution >= 4 is 17.5 Å². The van der Waals surface area contributed by atoms with E-state index < -0.39 is 0 Å². The first-order valence-corrected chi connectivity index (χ1v) is 8.49. The highest BCUT2D eigenvalue weighted by Crippen LogP contribution is 2.19. The van der Waals surface area contributed by atoms with Gasteiger partial charge in [-0.25, -0.2) is 0 Å². The molecule has 0 unspecified atom stereocenters. The van der Waals surface area contributed by atoms with Gasteiger partial charge in [-0.15, -0.1) is 0 Å². The van der Waals surface area contributed by atoms with Gasteiger partial charge < -0.3 is 10.2 Å². The van der Waals surface area contributed by atoms with Crippen LogP contribution in [0.4, 0.5) is 0 Å². The summed E-state index contributed by atoms with van der Waals surface area (Å²) in [6.07, 6.45) is 2.86. The number of carbonyl (C=O) groups is 1. The normalized spacial score (nSPS) is 12.2. The lowest BCUT2D eigenvalue weighted by Crippen LogP contribution is -2.33. The van der Waals surface area contributed by atoms with Crippen LogP contribution >= 0.6 is 11.6 Å². The number of pyridine rings is 1. The van der Waals surface area contributed by atoms with Crippen LogP contribution in [0.15, 0.2) is 48.7 Å². The Hall–Kier alpha value is -1.91. The van der Waals surface area contributed by atoms with Gasteiger partial charge in [-0.1, -0.05) is 29.8 Å². The molecule has 0 aliphatic heterocycles. The minimum atomic E-state index is 0.0540. The fraction of sp³-hybridized carbons (Fsp3) is 0.368. The summed E-state index contributed by atoms with van der Waals surface area (Å²) < 4.78 is 0. The van der Waals surface area contributed by atoms with Crippen molar-refractivity contribution in [2.24, 2.45) is 0 Å². The minimum Gasteiger partial charge on any atom is -0.355 e. The van der Waals surface area contributed by atoms with Crippen LogP contribution in [0.1, 0.15) is 23.6 Å². The molecule has 5 heteroatoms. The van der Waals surface area contributed by atoms with E-state index in [-0.39, 0.29) is 11.8 Å². The van der Waals surface area contributed by atoms with Gasteiger partial charge in [0.2, 0.25) is 5.91 Å². The Kier molecular flexibility index (Phi) is 7.22. The van der Waals surface area contributed by atoms with Crippen molar-refractivity contribution in [3.05, 3.63) is 64.9 Å². The van der Waals surface area contributed by atoms with Gasteiger partial charge in [0.15, 0.2) is 0 Å². The molecule has 0 saturated heterocycles. The van der Waals surface area contributed by atoms with Crippen LogP contribution in [0.3, 0.4) is 0 Å². The monoisotopic (exact) mass is 345 g/mol. The zero-order valence-electron chi connectivity index (χ0n) is 14.2. The van der Waals surface area contributed by atoms with E-state index in [1.807, 2.05) is 56.6 Å². The molecule has 24 heavy (non-hydrogen) atoms. The maximum atomic E-state index is 12.1. The van der Waals surface area contributed by atoms with Crippen LogP contribution in [0.25, 0.3) is 0 Å². The number of amides is 1. The molecule has 0 bridgehead atoms. The molecule has 1 amide bonds. The fourth-order valence-electron chi connectivity index (χ4n) is 2.58. The van der Waals surface area contributed by atoms with E-state index in [0.29, 0.717) is 19.4 Å². The Morgan fingerprint density at radius 2 is 1.96 bits per heavy atom. The van der Waals surface area contributed by atoms with Crippen LogP contribution in [-0.2, 0) is 11.2 Å². The lowest BCUT2D eigenvalue weighted by molar-refractivity contribution is -0.121. The van der Waals surface area contributed by atoms with E-state index >= 15 is 0 Å². The van der Waals surface area contributed by atoms with Crippen molar-refractivity contribution in [3.8, 4) is 0 Å². The lowest BCUT2D eigenvalue weighted by Gasteiger charge is -2.22. The molecular weight excluding hydrogens is 322 g/mol. The van der Waals surface area contributed by atoms with Crippen molar-refractivity contribution in [1.82, 2.24) is 15.2 Å². The second-order valence-electron chi connectivity index (χ2n) is 6.14. The molecule has 1 atom stereocenters. The summed E-state index contributed by atoms with van der Waals surface area (Å²) in [5.74, 6) is 0.287. The maximum Gasteiger partial charge on any atom is 0.220 e. The van der Waals surface area contributed by atoms with Gasteiger partial charge in [-0.2, -0.15) is 0 Å². The highest BCUT2D eigenvalue weighted by Gasteiger charge is 2.14. The third-order valence-electron chi connectivity index (χ3n) is 3.81. The van der Waals surface area contributed by atoms with E-state index in [0.717, 1.165) is 17.3 Å². The lowest BCUT2D eigenvalue weighted by atomic mass is 9.98. The topological polar surface area (TPSA) is 45.2 Å². The zero-order valence-corrected chi connectivity index (χ0v) is 15.0. The quantitative estimate of drug-likeness (QED) is 0.799. The highest BCUT2D eigenvalue weighted by atomic mass is 35.5. The number of nitrogens with zero attached hydrogens (tertiary/aromatic N) is 2. The molecule has 2 rings (SSSR count). The number of aryl methyl sites for hydroxylation is 1. The number of aromatic nitrogens is 1. The first-order chi connectivity index (χ1) is 11.5. The SMILES string of the molecule is CN(C)C[C@H](CNC(=O)CCc1ccccn1)c1ccc(Cl)cc1. The average molecular weight is 346 g/mol. The van der Waals surface area contributed by atoms with Crippen molar-refractivity contribution in [1.29, 1.82) is 0 Å². The molecule has 1 heterocycles. The maximum absolute atomic E-state index is 12.1. The van der Waals surface area contributed by atoms with Crippen LogP contribution in [0.2, 0.25) is 5.02 Å². The van der Waals surface area contributed by atoms with Crippen molar-refractivity contribution in [2.75, 3.05) is 27.2 Å². The van der Waals surface area contributed by atoms with Crippen molar-refractivity contribution in [2.45, 2.75) is 18.8 Å². The first-order valence-electron chi connectivity index (χ1n) is 8.11. The van der Waals surface area contributed by atoms with Gasteiger partial charge in [0.25, 0.3) is 0 Å². The molecule has 1 aromatic heterocycles. The molecule has 1 N–H and O–H groups in total. The van der Waals surface area contributed by atoms with E-state index in [1.165, 1.54) is 5.56 Å². The number of carbonyl (C=O) groups excluding carboxylic acids is 1. The van der Waals surface area contributed by atoms with Crippen LogP contribution in [-0.4, -0.2) is 43.0 Å². The summed E-state index contributed by atoms with van der Waals surface area (Å²) in [6, 6.07) is 13.6. The third-order valence-corrected chi connectivity index (χ3v) is 4.06. The van der Waals surface area contributed by atoms with Crippen LogP contribution < -0.4 is 5.32 Å². The molecule has 4 nitrogen and oxygen atoms in total. The minimum absolute atomic E-state index is 0.0540. The second-order valence-corrected chi connectivity index (χ2v) is 6.57. The van der Waals surface area contributed by atoms with Gasteiger partial charge in [-0.3, -0.25) is 9.78 Å². The summed E-state index contributed by atoms with van der Waals surface area (Å²) in [6.45, 7) is 1.48. The molecule has 0 aliphatic carbocycles. The summed E-state index contributed by atoms with van der Waals surface area (Å²) in [5, 5.41) is 3.77. The predicted octanol–water partition coefficient (Wildman–Crippen LogP) is 3.13. The number of hydrogen-bond acceptors (Lipinski definition) is 3. The summed E-state index contributed by atoms with van der Waals surface area (Å²) >= 11 is 5.96. The molecule has 1 aromatic carbocycles. The Bertz CT molecular complexity index is 629. The standard InChI is InChI=1S/C19H24ClN3O/c1-23(2)14-16(15-6-8-17(20)9-7-15)13-22-19(24)11-10-18-5-3-4-12-21-18/h3-9,12,16H,10-11,13-14H2,1-2H3,(H,22,24)/t16-/m0/s1. The van der Waals surface area contributed by atoms with E-state index in [2.05, 4.69) is 15.2 Å². The molecule has 128 valence electrons. The summed E-state index contributed by atoms with van der Waals surface area (Å²) in [5.41, 5.74) is 2.12. The number of hydrogen-bond donors (Lipinski definition) is 1. The smallest absolute Gasteiger partial charge is 0.220 e. The number of benzene rings is 1. The molecule has 0 fully saturated rings. The molecule has 0 spiro atoms. The Labute approximate surface area is 148 Å². The average Bonchev–Trinajstić information content (AvgIpc) is 2.58. The van der Waals surface area contributed by atoms with Crippen molar-refractivity contribution in [3.63, 3.8) is 0 Å². The highest BCUT2D eigenvalue weighted by molar-refractivity contribution is 6.30. The third kappa shape index (κ3) is 6.30. The Balaban J connectivity index is 1.87. The number of rotatable bonds is 8. The van der Waals surface area contributed by atoms with Gasteiger partial charge in [0.05, 0.1) is 0 Å².